The Labute approximate surface area is 323 Å². The Morgan fingerprint density at radius 3 is 1.19 bits per heavy atom. The largest absolute Gasteiger partial charge is 0.445 e. The molecule has 1 saturated heterocycles. The van der Waals surface area contributed by atoms with Gasteiger partial charge in [-0.2, -0.15) is 0 Å². The summed E-state index contributed by atoms with van der Waals surface area (Å²) in [6.45, 7) is 4.27. The van der Waals surface area contributed by atoms with Crippen molar-refractivity contribution in [1.29, 1.82) is 0 Å². The third-order valence-electron chi connectivity index (χ3n) is 9.07. The van der Waals surface area contributed by atoms with Crippen molar-refractivity contribution in [3.05, 3.63) is 144 Å². The van der Waals surface area contributed by atoms with Gasteiger partial charge in [0.15, 0.2) is 0 Å². The van der Waals surface area contributed by atoms with Crippen molar-refractivity contribution >= 4 is 46.6 Å². The van der Waals surface area contributed by atoms with Gasteiger partial charge in [-0.1, -0.05) is 160 Å². The molecule has 5 rings (SSSR count). The molecule has 6 atom stereocenters. The molecule has 2 amide bonds. The van der Waals surface area contributed by atoms with E-state index in [4.69, 9.17) is 38.6 Å². The third-order valence-corrected chi connectivity index (χ3v) is 9.87. The minimum absolute atomic E-state index is 0.165. The topological polar surface area (TPSA) is 113 Å². The van der Waals surface area contributed by atoms with Crippen LogP contribution in [0.15, 0.2) is 121 Å². The van der Waals surface area contributed by atoms with Crippen LogP contribution < -0.4 is 21.3 Å². The van der Waals surface area contributed by atoms with Gasteiger partial charge in [-0.3, -0.25) is 0 Å². The van der Waals surface area contributed by atoms with Crippen molar-refractivity contribution in [1.82, 2.24) is 21.3 Å². The molecular weight excluding hydrogens is 705 g/mol. The fraction of sp³-hybridized carbons (Fsp3) is 0.333. The van der Waals surface area contributed by atoms with Crippen molar-refractivity contribution in [2.24, 2.45) is 0 Å². The molecule has 53 heavy (non-hydrogen) atoms. The Hall–Kier alpha value is -4.84. The van der Waals surface area contributed by atoms with Gasteiger partial charge in [-0.15, -0.1) is 0 Å². The van der Waals surface area contributed by atoms with Gasteiger partial charge in [0, 0.05) is 0 Å². The van der Waals surface area contributed by atoms with E-state index in [1.54, 1.807) is 0 Å². The molecule has 1 aliphatic heterocycles. The van der Waals surface area contributed by atoms with Crippen molar-refractivity contribution in [2.45, 2.75) is 89.1 Å². The summed E-state index contributed by atoms with van der Waals surface area (Å²) in [5, 5.41) is 13.0. The molecule has 4 N–H and O–H groups in total. The number of carbonyl (C=O) groups is 2. The van der Waals surface area contributed by atoms with Crippen LogP contribution in [0.1, 0.15) is 48.9 Å². The van der Waals surface area contributed by atoms with Gasteiger partial charge >= 0.3 is 12.2 Å². The maximum Gasteiger partial charge on any atom is 0.408 e. The van der Waals surface area contributed by atoms with Crippen LogP contribution in [0.5, 0.6) is 0 Å². The summed E-state index contributed by atoms with van der Waals surface area (Å²) in [6.07, 6.45) is 0.933. The number of hydrogen-bond acceptors (Lipinski definition) is 7. The Kier molecular flexibility index (Phi) is 15.2. The zero-order valence-corrected chi connectivity index (χ0v) is 31.7. The molecular formula is C42H48N4O5S2. The highest BCUT2D eigenvalue weighted by molar-refractivity contribution is 7.80. The molecule has 1 fully saturated rings. The molecule has 4 aromatic rings. The summed E-state index contributed by atoms with van der Waals surface area (Å²) in [5.74, 6) is 0. The van der Waals surface area contributed by atoms with Crippen LogP contribution in [0.4, 0.5) is 9.59 Å². The number of ether oxygens (including phenoxy) is 3. The van der Waals surface area contributed by atoms with Crippen LogP contribution in [-0.4, -0.2) is 58.5 Å². The molecule has 278 valence electrons. The number of epoxide rings is 1. The first-order valence-electron chi connectivity index (χ1n) is 18.1. The Morgan fingerprint density at radius 2 is 0.868 bits per heavy atom. The maximum atomic E-state index is 12.8. The van der Waals surface area contributed by atoms with E-state index in [2.05, 4.69) is 45.5 Å². The standard InChI is InChI=1S/C42H48N4O5S2/c1-3-33(45-41(47)49-27-31-21-13-7-14-22-31)39(52)43-35(25-29-17-9-5-10-18-29)37-38(51-37)36(26-30-19-11-6-12-20-30)44-40(53)34(4-2)46-42(48)50-28-32-23-15-8-16-24-32/h5-24,33-38H,3-4,25-28H2,1-2H3,(H,43,52)(H,44,53)(H,45,47)(H,46,48)/t33-,34-,35-,36-,37-,38+/m0/s1. The molecule has 0 saturated carbocycles. The molecule has 9 nitrogen and oxygen atoms in total. The summed E-state index contributed by atoms with van der Waals surface area (Å²) < 4.78 is 17.4. The smallest absolute Gasteiger partial charge is 0.408 e. The molecule has 11 heteroatoms. The summed E-state index contributed by atoms with van der Waals surface area (Å²) in [4.78, 5) is 26.6. The normalized spacial score (nSPS) is 16.9. The van der Waals surface area contributed by atoms with Gasteiger partial charge < -0.3 is 35.5 Å². The molecule has 0 unspecified atom stereocenters. The first-order chi connectivity index (χ1) is 25.8. The van der Waals surface area contributed by atoms with E-state index < -0.39 is 24.3 Å². The lowest BCUT2D eigenvalue weighted by atomic mass is 9.95. The average Bonchev–Trinajstić information content (AvgIpc) is 4.00. The number of amides is 2. The predicted octanol–water partition coefficient (Wildman–Crippen LogP) is 7.22. The minimum atomic E-state index is -0.534. The molecule has 1 heterocycles. The van der Waals surface area contributed by atoms with E-state index in [1.807, 2.05) is 111 Å². The van der Waals surface area contributed by atoms with Crippen LogP contribution >= 0.6 is 24.4 Å². The maximum absolute atomic E-state index is 12.8. The van der Waals surface area contributed by atoms with Crippen molar-refractivity contribution in [3.63, 3.8) is 0 Å². The lowest BCUT2D eigenvalue weighted by Gasteiger charge is -2.26. The highest BCUT2D eigenvalue weighted by atomic mass is 32.1. The van der Waals surface area contributed by atoms with Gasteiger partial charge in [0.25, 0.3) is 0 Å². The number of carbonyl (C=O) groups excluding carboxylic acids is 2. The minimum Gasteiger partial charge on any atom is -0.445 e. The van der Waals surface area contributed by atoms with Gasteiger partial charge in [0.1, 0.15) is 25.4 Å². The third kappa shape index (κ3) is 12.7. The van der Waals surface area contributed by atoms with E-state index in [-0.39, 0.29) is 37.5 Å². The molecule has 0 spiro atoms. The van der Waals surface area contributed by atoms with E-state index in [0.29, 0.717) is 35.7 Å². The van der Waals surface area contributed by atoms with E-state index in [1.165, 1.54) is 0 Å². The molecule has 1 aliphatic rings. The first-order valence-corrected chi connectivity index (χ1v) is 18.9. The second-order valence-electron chi connectivity index (χ2n) is 13.0. The SMILES string of the molecule is CC[C@H](NC(=O)OCc1ccccc1)C(=S)N[C@@H](Cc1ccccc1)[C@@H]1O[C@@H]1[C@H](Cc1ccccc1)NC(=S)[C@H](CC)NC(=O)OCc1ccccc1. The zero-order valence-electron chi connectivity index (χ0n) is 30.1. The predicted molar refractivity (Wildman–Crippen MR) is 216 cm³/mol. The van der Waals surface area contributed by atoms with Crippen LogP contribution in [0.25, 0.3) is 0 Å². The fourth-order valence-corrected chi connectivity index (χ4v) is 6.86. The van der Waals surface area contributed by atoms with E-state index in [0.717, 1.165) is 22.3 Å². The highest BCUT2D eigenvalue weighted by Crippen LogP contribution is 2.32. The second-order valence-corrected chi connectivity index (χ2v) is 13.9. The number of nitrogens with one attached hydrogen (secondary N) is 4. The van der Waals surface area contributed by atoms with Crippen LogP contribution in [0, 0.1) is 0 Å². The van der Waals surface area contributed by atoms with E-state index >= 15 is 0 Å². The Morgan fingerprint density at radius 1 is 0.547 bits per heavy atom. The van der Waals surface area contributed by atoms with Gasteiger partial charge in [0.05, 0.1) is 34.1 Å². The number of benzene rings is 4. The Bertz CT molecular complexity index is 1620. The molecule has 0 radical (unpaired) electrons. The van der Waals surface area contributed by atoms with Crippen LogP contribution in [0.3, 0.4) is 0 Å². The van der Waals surface area contributed by atoms with Crippen molar-refractivity contribution in [2.75, 3.05) is 0 Å². The highest BCUT2D eigenvalue weighted by Gasteiger charge is 2.50. The summed E-state index contributed by atoms with van der Waals surface area (Å²) in [5.41, 5.74) is 4.05. The number of alkyl carbamates (subject to hydrolysis) is 2. The second kappa shape index (κ2) is 20.4. The monoisotopic (exact) mass is 752 g/mol. The van der Waals surface area contributed by atoms with Crippen LogP contribution in [-0.2, 0) is 40.3 Å². The first kappa shape index (κ1) is 39.4. The Balaban J connectivity index is 1.26. The summed E-state index contributed by atoms with van der Waals surface area (Å²) >= 11 is 11.8. The number of hydrogen-bond donors (Lipinski definition) is 4. The van der Waals surface area contributed by atoms with Crippen molar-refractivity contribution in [3.8, 4) is 0 Å². The summed E-state index contributed by atoms with van der Waals surface area (Å²) in [7, 11) is 0. The number of rotatable bonds is 18. The molecule has 0 aliphatic carbocycles. The van der Waals surface area contributed by atoms with Gasteiger partial charge in [-0.25, -0.2) is 9.59 Å². The van der Waals surface area contributed by atoms with Gasteiger partial charge in [-0.05, 0) is 47.9 Å². The van der Waals surface area contributed by atoms with Crippen LogP contribution in [0.2, 0.25) is 0 Å². The van der Waals surface area contributed by atoms with Gasteiger partial charge in [0.2, 0.25) is 0 Å². The molecule has 0 aromatic heterocycles. The molecule has 4 aromatic carbocycles. The number of thiocarbonyl (C=S) groups is 2. The fourth-order valence-electron chi connectivity index (χ4n) is 6.11. The van der Waals surface area contributed by atoms with Crippen molar-refractivity contribution < 1.29 is 23.8 Å². The quantitative estimate of drug-likeness (QED) is 0.0619. The zero-order chi connectivity index (χ0) is 37.4. The average molecular weight is 753 g/mol. The lowest BCUT2D eigenvalue weighted by Crippen LogP contribution is -2.53. The molecule has 0 bridgehead atoms. The summed E-state index contributed by atoms with van der Waals surface area (Å²) in [6, 6.07) is 38.1. The lowest BCUT2D eigenvalue weighted by molar-refractivity contribution is 0.137. The van der Waals surface area contributed by atoms with E-state index in [9.17, 15) is 9.59 Å².